The molecule has 0 spiro atoms. The van der Waals surface area contributed by atoms with Crippen LogP contribution in [-0.2, 0) is 10.3 Å². The number of rotatable bonds is 6. The molecule has 1 rings (SSSR count). The Labute approximate surface area is 114 Å². The highest BCUT2D eigenvalue weighted by molar-refractivity contribution is 4.98. The van der Waals surface area contributed by atoms with Crippen LogP contribution in [0.25, 0.3) is 0 Å². The van der Waals surface area contributed by atoms with E-state index < -0.39 is 11.6 Å². The predicted molar refractivity (Wildman–Crippen MR) is 71.8 cm³/mol. The zero-order valence-electron chi connectivity index (χ0n) is 12.6. The van der Waals surface area contributed by atoms with E-state index in [2.05, 4.69) is 15.5 Å². The number of aryl methyl sites for hydroxylation is 1. The molecular formula is C13H25N3O3. The van der Waals surface area contributed by atoms with Crippen LogP contribution in [0.4, 0.5) is 0 Å². The van der Waals surface area contributed by atoms with Gasteiger partial charge in [0.2, 0.25) is 5.89 Å². The monoisotopic (exact) mass is 271 g/mol. The van der Waals surface area contributed by atoms with Gasteiger partial charge in [0, 0.05) is 6.54 Å². The molecule has 0 fully saturated rings. The minimum atomic E-state index is -0.581. The van der Waals surface area contributed by atoms with Crippen LogP contribution in [-0.4, -0.2) is 40.1 Å². The molecule has 0 amide bonds. The molecule has 0 saturated carbocycles. The lowest BCUT2D eigenvalue weighted by molar-refractivity contribution is -0.0494. The maximum absolute atomic E-state index is 9.87. The first-order valence-electron chi connectivity index (χ1n) is 6.48. The molecule has 1 heterocycles. The minimum absolute atomic E-state index is 0.250. The van der Waals surface area contributed by atoms with E-state index in [9.17, 15) is 5.11 Å². The molecule has 1 aromatic heterocycles. The Kier molecular flexibility index (Phi) is 5.06. The van der Waals surface area contributed by atoms with Crippen LogP contribution in [0.15, 0.2) is 4.52 Å². The summed E-state index contributed by atoms with van der Waals surface area (Å²) < 4.78 is 10.7. The van der Waals surface area contributed by atoms with Gasteiger partial charge < -0.3 is 19.7 Å². The third-order valence-electron chi connectivity index (χ3n) is 2.55. The van der Waals surface area contributed by atoms with E-state index in [4.69, 9.17) is 9.26 Å². The maximum atomic E-state index is 9.87. The van der Waals surface area contributed by atoms with Gasteiger partial charge in [-0.3, -0.25) is 0 Å². The molecule has 1 aromatic rings. The largest absolute Gasteiger partial charge is 0.389 e. The van der Waals surface area contributed by atoms with E-state index in [-0.39, 0.29) is 12.2 Å². The summed E-state index contributed by atoms with van der Waals surface area (Å²) in [6.45, 7) is 12.2. The van der Waals surface area contributed by atoms with E-state index in [1.807, 2.05) is 34.6 Å². The van der Waals surface area contributed by atoms with E-state index in [0.717, 1.165) is 0 Å². The predicted octanol–water partition coefficient (Wildman–Crippen LogP) is 1.38. The summed E-state index contributed by atoms with van der Waals surface area (Å²) in [4.78, 5) is 4.19. The first-order chi connectivity index (χ1) is 8.60. The Morgan fingerprint density at radius 3 is 2.42 bits per heavy atom. The van der Waals surface area contributed by atoms with Crippen molar-refractivity contribution in [2.75, 3.05) is 13.2 Å². The molecular weight excluding hydrogens is 246 g/mol. The summed E-state index contributed by atoms with van der Waals surface area (Å²) in [6, 6.07) is 0. The van der Waals surface area contributed by atoms with Gasteiger partial charge in [-0.25, -0.2) is 0 Å². The molecule has 19 heavy (non-hydrogen) atoms. The Balaban J connectivity index is 2.43. The van der Waals surface area contributed by atoms with Crippen LogP contribution in [0.3, 0.4) is 0 Å². The van der Waals surface area contributed by atoms with Crippen LogP contribution in [0.1, 0.15) is 46.3 Å². The molecule has 2 N–H and O–H groups in total. The molecule has 0 aliphatic heterocycles. The van der Waals surface area contributed by atoms with E-state index in [1.165, 1.54) is 0 Å². The van der Waals surface area contributed by atoms with Gasteiger partial charge in [-0.2, -0.15) is 4.98 Å². The lowest BCUT2D eigenvalue weighted by Gasteiger charge is -2.26. The average Bonchev–Trinajstić information content (AvgIpc) is 2.70. The standard InChI is InChI=1S/C13H25N3O3/c1-9-15-11(19-16-9)13(5,6)14-7-10(17)8-18-12(2,3)4/h10,14,17H,7-8H2,1-6H3/t10-/m0/s1. The van der Waals surface area contributed by atoms with Gasteiger partial charge in [0.05, 0.1) is 23.9 Å². The second kappa shape index (κ2) is 5.98. The van der Waals surface area contributed by atoms with Crippen molar-refractivity contribution in [3.05, 3.63) is 11.7 Å². The minimum Gasteiger partial charge on any atom is -0.389 e. The topological polar surface area (TPSA) is 80.4 Å². The Bertz CT molecular complexity index is 396. The molecule has 6 nitrogen and oxygen atoms in total. The summed E-state index contributed by atoms with van der Waals surface area (Å²) in [5, 5.41) is 16.8. The number of nitrogens with zero attached hydrogens (tertiary/aromatic N) is 2. The summed E-state index contributed by atoms with van der Waals surface area (Å²) >= 11 is 0. The van der Waals surface area contributed by atoms with Crippen LogP contribution in [0.5, 0.6) is 0 Å². The molecule has 0 aromatic carbocycles. The quantitative estimate of drug-likeness (QED) is 0.813. The van der Waals surface area contributed by atoms with Gasteiger partial charge in [-0.05, 0) is 41.5 Å². The highest BCUT2D eigenvalue weighted by Crippen LogP contribution is 2.17. The van der Waals surface area contributed by atoms with Crippen molar-refractivity contribution in [1.29, 1.82) is 0 Å². The second-order valence-corrected chi connectivity index (χ2v) is 6.23. The van der Waals surface area contributed by atoms with Crippen molar-refractivity contribution < 1.29 is 14.4 Å². The van der Waals surface area contributed by atoms with Gasteiger partial charge >= 0.3 is 0 Å². The van der Waals surface area contributed by atoms with Gasteiger partial charge in [0.15, 0.2) is 5.82 Å². The normalized spacial score (nSPS) is 14.7. The fourth-order valence-corrected chi connectivity index (χ4v) is 1.40. The number of hydrogen-bond donors (Lipinski definition) is 2. The summed E-state index contributed by atoms with van der Waals surface area (Å²) in [7, 11) is 0. The molecule has 0 aliphatic rings. The molecule has 0 bridgehead atoms. The lowest BCUT2D eigenvalue weighted by atomic mass is 10.1. The Morgan fingerprint density at radius 2 is 1.95 bits per heavy atom. The first-order valence-corrected chi connectivity index (χ1v) is 6.48. The zero-order valence-corrected chi connectivity index (χ0v) is 12.6. The number of aromatic nitrogens is 2. The maximum Gasteiger partial charge on any atom is 0.246 e. The van der Waals surface area contributed by atoms with Crippen molar-refractivity contribution in [1.82, 2.24) is 15.5 Å². The van der Waals surface area contributed by atoms with Crippen molar-refractivity contribution >= 4 is 0 Å². The van der Waals surface area contributed by atoms with Gasteiger partial charge in [0.25, 0.3) is 0 Å². The van der Waals surface area contributed by atoms with Crippen molar-refractivity contribution in [3.63, 3.8) is 0 Å². The van der Waals surface area contributed by atoms with Crippen LogP contribution < -0.4 is 5.32 Å². The summed E-state index contributed by atoms with van der Waals surface area (Å²) in [5.41, 5.74) is -0.732. The molecule has 110 valence electrons. The molecule has 0 unspecified atom stereocenters. The number of aliphatic hydroxyl groups excluding tert-OH is 1. The fourth-order valence-electron chi connectivity index (χ4n) is 1.40. The number of ether oxygens (including phenoxy) is 1. The smallest absolute Gasteiger partial charge is 0.246 e. The third-order valence-corrected chi connectivity index (χ3v) is 2.55. The van der Waals surface area contributed by atoms with E-state index >= 15 is 0 Å². The van der Waals surface area contributed by atoms with E-state index in [1.54, 1.807) is 6.92 Å². The second-order valence-electron chi connectivity index (χ2n) is 6.23. The highest BCUT2D eigenvalue weighted by Gasteiger charge is 2.27. The van der Waals surface area contributed by atoms with Crippen molar-refractivity contribution in [2.24, 2.45) is 0 Å². The van der Waals surface area contributed by atoms with E-state index in [0.29, 0.717) is 18.3 Å². The summed E-state index contributed by atoms with van der Waals surface area (Å²) in [6.07, 6.45) is -0.581. The highest BCUT2D eigenvalue weighted by atomic mass is 16.5. The SMILES string of the molecule is Cc1noc(C(C)(C)NC[C@H](O)COC(C)(C)C)n1. The lowest BCUT2D eigenvalue weighted by Crippen LogP contribution is -2.43. The molecule has 0 radical (unpaired) electrons. The van der Waals surface area contributed by atoms with Gasteiger partial charge in [-0.15, -0.1) is 0 Å². The fraction of sp³-hybridized carbons (Fsp3) is 0.846. The molecule has 0 saturated heterocycles. The number of aliphatic hydroxyl groups is 1. The van der Waals surface area contributed by atoms with Crippen LogP contribution >= 0.6 is 0 Å². The van der Waals surface area contributed by atoms with Gasteiger partial charge in [0.1, 0.15) is 0 Å². The zero-order chi connectivity index (χ0) is 14.7. The third kappa shape index (κ3) is 5.67. The summed E-state index contributed by atoms with van der Waals surface area (Å²) in [5.74, 6) is 1.11. The van der Waals surface area contributed by atoms with Crippen molar-refractivity contribution in [3.8, 4) is 0 Å². The van der Waals surface area contributed by atoms with Crippen LogP contribution in [0, 0.1) is 6.92 Å². The van der Waals surface area contributed by atoms with Gasteiger partial charge in [-0.1, -0.05) is 5.16 Å². The average molecular weight is 271 g/mol. The molecule has 6 heteroatoms. The Morgan fingerprint density at radius 1 is 1.32 bits per heavy atom. The number of nitrogens with one attached hydrogen (secondary N) is 1. The van der Waals surface area contributed by atoms with Crippen LogP contribution in [0.2, 0.25) is 0 Å². The Hall–Kier alpha value is -0.980. The number of hydrogen-bond acceptors (Lipinski definition) is 6. The molecule has 0 aliphatic carbocycles. The first kappa shape index (κ1) is 16.1. The molecule has 1 atom stereocenters. The van der Waals surface area contributed by atoms with Crippen molar-refractivity contribution in [2.45, 2.75) is 58.8 Å².